The van der Waals surface area contributed by atoms with E-state index < -0.39 is 5.97 Å². The van der Waals surface area contributed by atoms with Crippen LogP contribution in [0.4, 0.5) is 0 Å². The number of rotatable bonds is 3. The van der Waals surface area contributed by atoms with Crippen molar-refractivity contribution in [3.8, 4) is 5.69 Å². The maximum absolute atomic E-state index is 10.7. The van der Waals surface area contributed by atoms with E-state index in [0.29, 0.717) is 5.69 Å². The normalized spacial score (nSPS) is 10.5. The average molecular weight is 230 g/mol. The van der Waals surface area contributed by atoms with Crippen molar-refractivity contribution in [1.29, 1.82) is 0 Å². The number of aliphatic carboxylic acids is 1. The fourth-order valence-corrected chi connectivity index (χ4v) is 1.92. The Hall–Kier alpha value is -2.10. The average Bonchev–Trinajstić information content (AvgIpc) is 2.63. The zero-order valence-electron chi connectivity index (χ0n) is 9.84. The Morgan fingerprint density at radius 1 is 1.29 bits per heavy atom. The zero-order valence-corrected chi connectivity index (χ0v) is 9.84. The highest BCUT2D eigenvalue weighted by Crippen LogP contribution is 2.15. The van der Waals surface area contributed by atoms with Crippen molar-refractivity contribution in [2.75, 3.05) is 0 Å². The molecular weight excluding hydrogens is 216 g/mol. The molecule has 0 spiro atoms. The lowest BCUT2D eigenvalue weighted by Crippen LogP contribution is -2.08. The molecular formula is C13H14N2O2. The smallest absolute Gasteiger partial charge is 0.309 e. The third-order valence-electron chi connectivity index (χ3n) is 2.50. The number of carboxylic acid groups (broad SMARTS) is 1. The van der Waals surface area contributed by atoms with Gasteiger partial charge in [0.25, 0.3) is 0 Å². The second kappa shape index (κ2) is 4.41. The topological polar surface area (TPSA) is 55.1 Å². The third kappa shape index (κ3) is 2.53. The van der Waals surface area contributed by atoms with Crippen molar-refractivity contribution >= 4 is 5.97 Å². The first kappa shape index (κ1) is 11.4. The molecule has 0 fully saturated rings. The van der Waals surface area contributed by atoms with Crippen molar-refractivity contribution in [3.63, 3.8) is 0 Å². The number of benzene rings is 1. The molecule has 17 heavy (non-hydrogen) atoms. The number of carbonyl (C=O) groups is 1. The Labute approximate surface area is 99.5 Å². The van der Waals surface area contributed by atoms with Crippen molar-refractivity contribution in [3.05, 3.63) is 47.3 Å². The van der Waals surface area contributed by atoms with E-state index >= 15 is 0 Å². The Bertz CT molecular complexity index is 538. The highest BCUT2D eigenvalue weighted by atomic mass is 16.4. The summed E-state index contributed by atoms with van der Waals surface area (Å²) in [4.78, 5) is 10.7. The van der Waals surface area contributed by atoms with Gasteiger partial charge in [-0.3, -0.25) is 4.79 Å². The van der Waals surface area contributed by atoms with E-state index in [-0.39, 0.29) is 6.42 Å². The van der Waals surface area contributed by atoms with Crippen molar-refractivity contribution in [1.82, 2.24) is 9.78 Å². The molecule has 2 rings (SSSR count). The lowest BCUT2D eigenvalue weighted by Gasteiger charge is -2.08. The number of hydrogen-bond acceptors (Lipinski definition) is 2. The molecule has 1 aromatic carbocycles. The summed E-state index contributed by atoms with van der Waals surface area (Å²) >= 11 is 0. The second-order valence-corrected chi connectivity index (χ2v) is 4.15. The minimum atomic E-state index is -0.851. The largest absolute Gasteiger partial charge is 0.481 e. The van der Waals surface area contributed by atoms with Crippen LogP contribution in [0.5, 0.6) is 0 Å². The molecule has 1 heterocycles. The van der Waals surface area contributed by atoms with Crippen LogP contribution in [0.2, 0.25) is 0 Å². The van der Waals surface area contributed by atoms with Crippen LogP contribution in [0.1, 0.15) is 16.8 Å². The first-order valence-electron chi connectivity index (χ1n) is 5.39. The minimum absolute atomic E-state index is 0.0208. The number of carboxylic acids is 1. The van der Waals surface area contributed by atoms with Gasteiger partial charge >= 0.3 is 5.97 Å². The highest BCUT2D eigenvalue weighted by molar-refractivity contribution is 5.69. The molecule has 0 bridgehead atoms. The molecule has 88 valence electrons. The van der Waals surface area contributed by atoms with Crippen molar-refractivity contribution < 1.29 is 9.90 Å². The van der Waals surface area contributed by atoms with E-state index in [1.165, 1.54) is 0 Å². The fourth-order valence-electron chi connectivity index (χ4n) is 1.92. The molecule has 0 saturated heterocycles. The summed E-state index contributed by atoms with van der Waals surface area (Å²) in [6.07, 6.45) is 1.60. The molecule has 0 unspecified atom stereocenters. The quantitative estimate of drug-likeness (QED) is 0.878. The van der Waals surface area contributed by atoms with Crippen LogP contribution in [0, 0.1) is 13.8 Å². The van der Waals surface area contributed by atoms with Crippen LogP contribution in [-0.2, 0) is 11.2 Å². The van der Waals surface area contributed by atoms with E-state index in [9.17, 15) is 4.79 Å². The molecule has 0 atom stereocenters. The summed E-state index contributed by atoms with van der Waals surface area (Å²) in [7, 11) is 0. The van der Waals surface area contributed by atoms with Gasteiger partial charge in [-0.2, -0.15) is 5.10 Å². The maximum Gasteiger partial charge on any atom is 0.309 e. The van der Waals surface area contributed by atoms with Crippen LogP contribution in [-0.4, -0.2) is 20.9 Å². The lowest BCUT2D eigenvalue weighted by molar-refractivity contribution is -0.136. The second-order valence-electron chi connectivity index (χ2n) is 4.15. The molecule has 0 saturated carbocycles. The molecule has 1 N–H and O–H groups in total. The predicted molar refractivity (Wildman–Crippen MR) is 64.4 cm³/mol. The van der Waals surface area contributed by atoms with Crippen molar-refractivity contribution in [2.24, 2.45) is 0 Å². The summed E-state index contributed by atoms with van der Waals surface area (Å²) in [5.74, 6) is -0.851. The van der Waals surface area contributed by atoms with Crippen LogP contribution in [0.3, 0.4) is 0 Å². The molecule has 1 aromatic heterocycles. The standard InChI is InChI=1S/C13H14N2O2/c1-9-5-10(2)7-12(6-9)15-11(3-4-14-15)8-13(16)17/h3-7H,8H2,1-2H3,(H,16,17). The minimum Gasteiger partial charge on any atom is -0.481 e. The molecule has 4 heteroatoms. The van der Waals surface area contributed by atoms with Gasteiger partial charge in [0.15, 0.2) is 0 Å². The van der Waals surface area contributed by atoms with Crippen LogP contribution >= 0.6 is 0 Å². The highest BCUT2D eigenvalue weighted by Gasteiger charge is 2.09. The maximum atomic E-state index is 10.7. The summed E-state index contributed by atoms with van der Waals surface area (Å²) in [5.41, 5.74) is 3.86. The summed E-state index contributed by atoms with van der Waals surface area (Å²) in [6, 6.07) is 7.78. The fraction of sp³-hybridized carbons (Fsp3) is 0.231. The molecule has 0 aliphatic heterocycles. The monoisotopic (exact) mass is 230 g/mol. The van der Waals surface area contributed by atoms with E-state index in [4.69, 9.17) is 5.11 Å². The van der Waals surface area contributed by atoms with E-state index in [1.54, 1.807) is 16.9 Å². The van der Waals surface area contributed by atoms with Gasteiger partial charge in [-0.25, -0.2) is 4.68 Å². The van der Waals surface area contributed by atoms with Crippen LogP contribution < -0.4 is 0 Å². The van der Waals surface area contributed by atoms with Crippen LogP contribution in [0.15, 0.2) is 30.5 Å². The number of hydrogen-bond donors (Lipinski definition) is 1. The van der Waals surface area contributed by atoms with Gasteiger partial charge in [0.05, 0.1) is 17.8 Å². The first-order chi connectivity index (χ1) is 8.06. The summed E-state index contributed by atoms with van der Waals surface area (Å²) < 4.78 is 1.67. The molecule has 0 radical (unpaired) electrons. The van der Waals surface area contributed by atoms with Gasteiger partial charge in [-0.15, -0.1) is 0 Å². The van der Waals surface area contributed by atoms with Gasteiger partial charge in [-0.05, 0) is 43.2 Å². The summed E-state index contributed by atoms with van der Waals surface area (Å²) in [6.45, 7) is 4.02. The molecule has 0 amide bonds. The lowest BCUT2D eigenvalue weighted by atomic mass is 10.1. The first-order valence-corrected chi connectivity index (χ1v) is 5.39. The predicted octanol–water partition coefficient (Wildman–Crippen LogP) is 2.12. The Morgan fingerprint density at radius 3 is 2.53 bits per heavy atom. The molecule has 4 nitrogen and oxygen atoms in total. The van der Waals surface area contributed by atoms with Crippen LogP contribution in [0.25, 0.3) is 5.69 Å². The molecule has 0 aliphatic rings. The Kier molecular flexibility index (Phi) is 2.95. The van der Waals surface area contributed by atoms with Crippen molar-refractivity contribution in [2.45, 2.75) is 20.3 Å². The van der Waals surface area contributed by atoms with Gasteiger partial charge in [0.1, 0.15) is 0 Å². The number of aryl methyl sites for hydroxylation is 2. The van der Waals surface area contributed by atoms with Gasteiger partial charge < -0.3 is 5.11 Å². The number of aromatic nitrogens is 2. The van der Waals surface area contributed by atoms with Gasteiger partial charge in [-0.1, -0.05) is 6.07 Å². The SMILES string of the molecule is Cc1cc(C)cc(-n2nccc2CC(=O)O)c1. The van der Waals surface area contributed by atoms with E-state index in [2.05, 4.69) is 11.2 Å². The van der Waals surface area contributed by atoms with Gasteiger partial charge in [0.2, 0.25) is 0 Å². The van der Waals surface area contributed by atoms with Gasteiger partial charge in [0, 0.05) is 6.20 Å². The Morgan fingerprint density at radius 2 is 1.94 bits per heavy atom. The zero-order chi connectivity index (χ0) is 12.4. The van der Waals surface area contributed by atoms with E-state index in [1.807, 2.05) is 26.0 Å². The molecule has 2 aromatic rings. The molecule has 0 aliphatic carbocycles. The van der Waals surface area contributed by atoms with E-state index in [0.717, 1.165) is 16.8 Å². The number of nitrogens with zero attached hydrogens (tertiary/aromatic N) is 2. The Balaban J connectivity index is 2.45. The summed E-state index contributed by atoms with van der Waals surface area (Å²) in [5, 5.41) is 13.0. The third-order valence-corrected chi connectivity index (χ3v) is 2.50.